The molecule has 0 fully saturated rings. The Bertz CT molecular complexity index is 3420. The first-order valence-corrected chi connectivity index (χ1v) is 18.3. The summed E-state index contributed by atoms with van der Waals surface area (Å²) in [5, 5.41) is 17.1. The molecular formula is C50H29N5. The molecule has 0 aliphatic rings. The second-order valence-electron chi connectivity index (χ2n) is 14.0. The van der Waals surface area contributed by atoms with E-state index < -0.39 is 0 Å². The van der Waals surface area contributed by atoms with Crippen molar-refractivity contribution in [3.63, 3.8) is 0 Å². The van der Waals surface area contributed by atoms with Gasteiger partial charge in [-0.2, -0.15) is 5.26 Å². The average Bonchev–Trinajstić information content (AvgIpc) is 3.88. The van der Waals surface area contributed by atoms with Gasteiger partial charge in [-0.15, -0.1) is 0 Å². The normalized spacial score (nSPS) is 11.6. The van der Waals surface area contributed by atoms with E-state index in [0.717, 1.165) is 71.8 Å². The summed E-state index contributed by atoms with van der Waals surface area (Å²) in [4.78, 5) is 3.71. The molecule has 0 unspecified atom stereocenters. The highest BCUT2D eigenvalue weighted by Crippen LogP contribution is 2.41. The second kappa shape index (κ2) is 11.8. The van der Waals surface area contributed by atoms with Crippen molar-refractivity contribution in [1.82, 2.24) is 13.7 Å². The maximum absolute atomic E-state index is 10.2. The number of rotatable bonds is 4. The molecule has 0 saturated carbocycles. The van der Waals surface area contributed by atoms with Crippen molar-refractivity contribution in [2.24, 2.45) is 0 Å². The van der Waals surface area contributed by atoms with Crippen LogP contribution in [0.15, 0.2) is 176 Å². The standard InChI is InChI=1S/C50H29N5/c1-52-34-22-25-48-42(29-34)40-15-4-8-19-46(40)53(48)35-12-10-11-33(28-35)37-24-21-32(31-51)27-50(37)55-47-20-9-5-16-41(47)43-30-36(23-26-49(43)55)54-44-17-6-2-13-38(44)39-14-3-7-18-45(39)54/h2-30H. The summed E-state index contributed by atoms with van der Waals surface area (Å²) in [6, 6.07) is 63.8. The van der Waals surface area contributed by atoms with E-state index in [4.69, 9.17) is 6.57 Å². The van der Waals surface area contributed by atoms with E-state index in [0.29, 0.717) is 11.3 Å². The van der Waals surface area contributed by atoms with Crippen LogP contribution in [-0.2, 0) is 0 Å². The van der Waals surface area contributed by atoms with Crippen LogP contribution in [0, 0.1) is 17.9 Å². The zero-order chi connectivity index (χ0) is 36.6. The summed E-state index contributed by atoms with van der Waals surface area (Å²) >= 11 is 0. The van der Waals surface area contributed by atoms with Crippen molar-refractivity contribution in [1.29, 1.82) is 5.26 Å². The SMILES string of the molecule is [C-]#[N+]c1ccc2c(c1)c1ccccc1n2-c1cccc(-c2ccc(C#N)cc2-n2c3ccccc3c3cc(-n4c5ccccc5c5ccccc54)ccc32)c1. The van der Waals surface area contributed by atoms with Crippen molar-refractivity contribution in [2.45, 2.75) is 0 Å². The zero-order valence-electron chi connectivity index (χ0n) is 29.5. The van der Waals surface area contributed by atoms with E-state index in [1.165, 1.54) is 21.8 Å². The summed E-state index contributed by atoms with van der Waals surface area (Å²) in [5.74, 6) is 0. The summed E-state index contributed by atoms with van der Waals surface area (Å²) in [6.07, 6.45) is 0. The van der Waals surface area contributed by atoms with E-state index in [-0.39, 0.29) is 0 Å². The summed E-state index contributed by atoms with van der Waals surface area (Å²) < 4.78 is 6.96. The van der Waals surface area contributed by atoms with E-state index in [9.17, 15) is 5.26 Å². The molecule has 11 aromatic rings. The number of fused-ring (bicyclic) bond motifs is 9. The Balaban J connectivity index is 1.14. The van der Waals surface area contributed by atoms with Crippen molar-refractivity contribution in [3.8, 4) is 34.3 Å². The fourth-order valence-corrected chi connectivity index (χ4v) is 8.71. The Kier molecular flexibility index (Phi) is 6.61. The first-order valence-electron chi connectivity index (χ1n) is 18.3. The molecule has 0 N–H and O–H groups in total. The van der Waals surface area contributed by atoms with Gasteiger partial charge in [-0.05, 0) is 89.8 Å². The van der Waals surface area contributed by atoms with Crippen LogP contribution in [0.5, 0.6) is 0 Å². The quantitative estimate of drug-likeness (QED) is 0.169. The molecule has 5 heteroatoms. The topological polar surface area (TPSA) is 42.9 Å². The van der Waals surface area contributed by atoms with Gasteiger partial charge in [0.1, 0.15) is 0 Å². The van der Waals surface area contributed by atoms with Gasteiger partial charge >= 0.3 is 0 Å². The number of nitrogens with zero attached hydrogens (tertiary/aromatic N) is 5. The molecule has 55 heavy (non-hydrogen) atoms. The van der Waals surface area contributed by atoms with Gasteiger partial charge in [-0.1, -0.05) is 97.1 Å². The monoisotopic (exact) mass is 699 g/mol. The number of aromatic nitrogens is 3. The van der Waals surface area contributed by atoms with Crippen LogP contribution in [0.3, 0.4) is 0 Å². The van der Waals surface area contributed by atoms with Crippen molar-refractivity contribution in [3.05, 3.63) is 193 Å². The lowest BCUT2D eigenvalue weighted by atomic mass is 10.0. The highest BCUT2D eigenvalue weighted by atomic mass is 15.0. The molecule has 5 nitrogen and oxygen atoms in total. The molecule has 0 radical (unpaired) electrons. The first kappa shape index (κ1) is 30.7. The Morgan fingerprint density at radius 3 is 1.55 bits per heavy atom. The minimum Gasteiger partial charge on any atom is -0.309 e. The molecule has 8 aromatic carbocycles. The van der Waals surface area contributed by atoms with E-state index >= 15 is 0 Å². The van der Waals surface area contributed by atoms with Crippen LogP contribution in [0.1, 0.15) is 5.56 Å². The molecule has 0 saturated heterocycles. The third-order valence-electron chi connectivity index (χ3n) is 11.1. The van der Waals surface area contributed by atoms with E-state index in [1.807, 2.05) is 36.4 Å². The Morgan fingerprint density at radius 1 is 0.418 bits per heavy atom. The maximum Gasteiger partial charge on any atom is 0.188 e. The van der Waals surface area contributed by atoms with Gasteiger partial charge in [0.25, 0.3) is 0 Å². The van der Waals surface area contributed by atoms with E-state index in [1.54, 1.807) is 0 Å². The van der Waals surface area contributed by atoms with Crippen LogP contribution in [0.4, 0.5) is 5.69 Å². The lowest BCUT2D eigenvalue weighted by molar-refractivity contribution is 1.16. The molecule has 0 amide bonds. The predicted molar refractivity (Wildman–Crippen MR) is 226 cm³/mol. The van der Waals surface area contributed by atoms with Crippen LogP contribution >= 0.6 is 0 Å². The molecule has 11 rings (SSSR count). The number of para-hydroxylation sites is 4. The summed E-state index contributed by atoms with van der Waals surface area (Å²) in [6.45, 7) is 7.63. The van der Waals surface area contributed by atoms with Gasteiger partial charge in [0.2, 0.25) is 0 Å². The van der Waals surface area contributed by atoms with Gasteiger partial charge < -0.3 is 13.7 Å². The minimum atomic E-state index is 0.598. The number of nitriles is 1. The number of hydrogen-bond acceptors (Lipinski definition) is 1. The zero-order valence-corrected chi connectivity index (χ0v) is 29.5. The minimum absolute atomic E-state index is 0.598. The molecule has 3 heterocycles. The molecule has 254 valence electrons. The van der Waals surface area contributed by atoms with Crippen LogP contribution < -0.4 is 0 Å². The van der Waals surface area contributed by atoms with Gasteiger partial charge in [0.15, 0.2) is 5.69 Å². The number of benzene rings is 8. The average molecular weight is 700 g/mol. The second-order valence-corrected chi connectivity index (χ2v) is 14.0. The van der Waals surface area contributed by atoms with Crippen molar-refractivity contribution >= 4 is 71.1 Å². The summed E-state index contributed by atoms with van der Waals surface area (Å²) in [7, 11) is 0. The smallest absolute Gasteiger partial charge is 0.188 e. The lowest BCUT2D eigenvalue weighted by Crippen LogP contribution is -2.00. The largest absolute Gasteiger partial charge is 0.309 e. The molecule has 0 atom stereocenters. The molecular weight excluding hydrogens is 671 g/mol. The molecule has 3 aromatic heterocycles. The third kappa shape index (κ3) is 4.51. The lowest BCUT2D eigenvalue weighted by Gasteiger charge is -2.16. The first-order chi connectivity index (χ1) is 27.2. The highest BCUT2D eigenvalue weighted by Gasteiger charge is 2.20. The molecule has 0 bridgehead atoms. The highest BCUT2D eigenvalue weighted by molar-refractivity contribution is 6.13. The summed E-state index contributed by atoms with van der Waals surface area (Å²) in [5.41, 5.74) is 12.9. The fourth-order valence-electron chi connectivity index (χ4n) is 8.71. The van der Waals surface area contributed by atoms with Gasteiger partial charge in [0, 0.05) is 43.9 Å². The maximum atomic E-state index is 10.2. The van der Waals surface area contributed by atoms with Crippen LogP contribution in [-0.4, -0.2) is 13.7 Å². The van der Waals surface area contributed by atoms with E-state index in [2.05, 4.69) is 164 Å². The van der Waals surface area contributed by atoms with Crippen molar-refractivity contribution in [2.75, 3.05) is 0 Å². The number of hydrogen-bond donors (Lipinski definition) is 0. The Hall–Kier alpha value is -7.86. The third-order valence-corrected chi connectivity index (χ3v) is 11.1. The fraction of sp³-hybridized carbons (Fsp3) is 0. The van der Waals surface area contributed by atoms with Crippen LogP contribution in [0.2, 0.25) is 0 Å². The van der Waals surface area contributed by atoms with Crippen LogP contribution in [0.25, 0.3) is 98.5 Å². The van der Waals surface area contributed by atoms with Gasteiger partial charge in [-0.3, -0.25) is 0 Å². The van der Waals surface area contributed by atoms with Gasteiger partial charge in [0.05, 0.1) is 57.0 Å². The van der Waals surface area contributed by atoms with Gasteiger partial charge in [-0.25, -0.2) is 4.85 Å². The molecule has 0 aliphatic heterocycles. The predicted octanol–water partition coefficient (Wildman–Crippen LogP) is 13.1. The molecule has 0 spiro atoms. The Labute approximate surface area is 316 Å². The Morgan fingerprint density at radius 2 is 0.927 bits per heavy atom. The molecule has 0 aliphatic carbocycles. The van der Waals surface area contributed by atoms with Crippen molar-refractivity contribution < 1.29 is 0 Å².